The Morgan fingerprint density at radius 1 is 1.20 bits per heavy atom. The molecule has 0 bridgehead atoms. The highest BCUT2D eigenvalue weighted by Gasteiger charge is 2.10. The van der Waals surface area contributed by atoms with Crippen molar-refractivity contribution >= 4 is 34.1 Å². The van der Waals surface area contributed by atoms with Gasteiger partial charge in [0.25, 0.3) is 0 Å². The van der Waals surface area contributed by atoms with Crippen LogP contribution in [0.2, 0.25) is 0 Å². The van der Waals surface area contributed by atoms with Crippen LogP contribution in [0.4, 0.5) is 4.39 Å². The Bertz CT molecular complexity index is 601. The fourth-order valence-electron chi connectivity index (χ4n) is 1.48. The van der Waals surface area contributed by atoms with Crippen LogP contribution < -0.4 is 0 Å². The number of hydrogen-bond donors (Lipinski definition) is 0. The molecule has 0 N–H and O–H groups in total. The highest BCUT2D eigenvalue weighted by molar-refractivity contribution is 7.13. The summed E-state index contributed by atoms with van der Waals surface area (Å²) in [5.74, 6) is -0.265. The van der Waals surface area contributed by atoms with Gasteiger partial charge in [0.2, 0.25) is 0 Å². The van der Waals surface area contributed by atoms with E-state index in [0.717, 1.165) is 27.7 Å². The molecule has 0 aliphatic heterocycles. The maximum absolute atomic E-state index is 13.3. The molecule has 5 heteroatoms. The van der Waals surface area contributed by atoms with Crippen LogP contribution in [0.1, 0.15) is 0 Å². The number of hydrogen-bond acceptors (Lipinski definition) is 4. The lowest BCUT2D eigenvalue weighted by molar-refractivity contribution is 0.630. The zero-order chi connectivity index (χ0) is 10.3. The molecule has 0 amide bonds. The minimum Gasteiger partial charge on any atom is -0.207 e. The fourth-order valence-corrected chi connectivity index (χ4v) is 2.76. The molecule has 74 valence electrons. The first-order valence-electron chi connectivity index (χ1n) is 4.30. The van der Waals surface area contributed by atoms with Crippen LogP contribution in [0.5, 0.6) is 0 Å². The molecule has 15 heavy (non-hydrogen) atoms. The molecule has 2 aromatic heterocycles. The molecule has 3 aromatic rings. The number of aromatic nitrogens is 2. The zero-order valence-electron chi connectivity index (χ0n) is 7.48. The van der Waals surface area contributed by atoms with E-state index in [4.69, 9.17) is 0 Å². The fraction of sp³-hybridized carbons (Fsp3) is 0. The van der Waals surface area contributed by atoms with Crippen LogP contribution >= 0.6 is 23.1 Å². The lowest BCUT2D eigenvalue weighted by Crippen LogP contribution is -1.81. The van der Waals surface area contributed by atoms with E-state index in [1.165, 1.54) is 12.1 Å². The maximum atomic E-state index is 13.3. The second-order valence-electron chi connectivity index (χ2n) is 3.06. The number of rotatable bonds is 1. The van der Waals surface area contributed by atoms with E-state index in [9.17, 15) is 4.39 Å². The van der Waals surface area contributed by atoms with Crippen LogP contribution in [0.25, 0.3) is 21.5 Å². The first kappa shape index (κ1) is 8.94. The molecule has 0 unspecified atom stereocenters. The van der Waals surface area contributed by atoms with E-state index in [1.54, 1.807) is 11.3 Å². The molecule has 0 radical (unpaired) electrons. The third kappa shape index (κ3) is 1.44. The van der Waals surface area contributed by atoms with Crippen molar-refractivity contribution in [3.63, 3.8) is 0 Å². The van der Waals surface area contributed by atoms with Gasteiger partial charge in [0.15, 0.2) is 0 Å². The number of benzene rings is 1. The highest BCUT2D eigenvalue weighted by atomic mass is 32.1. The van der Waals surface area contributed by atoms with Crippen LogP contribution in [0, 0.1) is 5.82 Å². The Morgan fingerprint density at radius 2 is 2.13 bits per heavy atom. The van der Waals surface area contributed by atoms with E-state index in [2.05, 4.69) is 8.75 Å². The van der Waals surface area contributed by atoms with Gasteiger partial charge in [-0.2, -0.15) is 8.75 Å². The molecule has 2 heterocycles. The van der Waals surface area contributed by atoms with Crippen LogP contribution in [0.15, 0.2) is 29.6 Å². The Hall–Kier alpha value is -1.33. The molecular weight excluding hydrogens is 231 g/mol. The van der Waals surface area contributed by atoms with Crippen LogP contribution in [-0.2, 0) is 0 Å². The maximum Gasteiger partial charge on any atom is 0.126 e. The summed E-state index contributed by atoms with van der Waals surface area (Å²) in [5, 5.41) is 1.96. The lowest BCUT2D eigenvalue weighted by Gasteiger charge is -1.98. The van der Waals surface area contributed by atoms with Crippen molar-refractivity contribution in [2.45, 2.75) is 0 Å². The molecule has 0 atom stereocenters. The molecular formula is C10H5FN2S2. The second kappa shape index (κ2) is 3.36. The van der Waals surface area contributed by atoms with Gasteiger partial charge < -0.3 is 0 Å². The average Bonchev–Trinajstić information content (AvgIpc) is 2.86. The lowest BCUT2D eigenvalue weighted by atomic mass is 10.1. The van der Waals surface area contributed by atoms with Crippen molar-refractivity contribution in [2.75, 3.05) is 0 Å². The Kier molecular flexibility index (Phi) is 2.00. The Morgan fingerprint density at radius 3 is 2.93 bits per heavy atom. The summed E-state index contributed by atoms with van der Waals surface area (Å²) in [5.41, 5.74) is 2.24. The van der Waals surface area contributed by atoms with Crippen molar-refractivity contribution in [1.82, 2.24) is 8.75 Å². The van der Waals surface area contributed by atoms with Crippen molar-refractivity contribution in [3.05, 3.63) is 35.5 Å². The summed E-state index contributed by atoms with van der Waals surface area (Å²) in [6, 6.07) is 6.82. The van der Waals surface area contributed by atoms with Gasteiger partial charge in [0.1, 0.15) is 16.9 Å². The van der Waals surface area contributed by atoms with Gasteiger partial charge in [-0.15, -0.1) is 11.3 Å². The van der Waals surface area contributed by atoms with Gasteiger partial charge in [-0.05, 0) is 17.5 Å². The number of halogens is 1. The molecule has 2 nitrogen and oxygen atoms in total. The number of nitrogens with zero attached hydrogens (tertiary/aromatic N) is 2. The van der Waals surface area contributed by atoms with E-state index in [1.807, 2.05) is 17.5 Å². The molecule has 1 aromatic carbocycles. The number of thiophene rings is 1. The summed E-state index contributed by atoms with van der Waals surface area (Å²) in [4.78, 5) is 1.02. The quantitative estimate of drug-likeness (QED) is 0.645. The molecule has 0 aliphatic rings. The van der Waals surface area contributed by atoms with Gasteiger partial charge in [0.05, 0.1) is 11.7 Å². The molecule has 0 saturated carbocycles. The molecule has 3 rings (SSSR count). The van der Waals surface area contributed by atoms with Gasteiger partial charge in [-0.3, -0.25) is 0 Å². The number of fused-ring (bicyclic) bond motifs is 1. The predicted molar refractivity (Wildman–Crippen MR) is 60.7 cm³/mol. The third-order valence-corrected chi connectivity index (χ3v) is 3.56. The predicted octanol–water partition coefficient (Wildman–Crippen LogP) is 3.56. The highest BCUT2D eigenvalue weighted by Crippen LogP contribution is 2.31. The summed E-state index contributed by atoms with van der Waals surface area (Å²) in [6.45, 7) is 0. The van der Waals surface area contributed by atoms with E-state index in [0.29, 0.717) is 5.52 Å². The van der Waals surface area contributed by atoms with Gasteiger partial charge >= 0.3 is 0 Å². The Labute approximate surface area is 93.3 Å². The minimum atomic E-state index is -0.265. The van der Waals surface area contributed by atoms with Crippen LogP contribution in [-0.4, -0.2) is 8.75 Å². The normalized spacial score (nSPS) is 11.0. The van der Waals surface area contributed by atoms with Crippen molar-refractivity contribution in [2.24, 2.45) is 0 Å². The van der Waals surface area contributed by atoms with Gasteiger partial charge in [-0.1, -0.05) is 6.07 Å². The zero-order valence-corrected chi connectivity index (χ0v) is 9.11. The van der Waals surface area contributed by atoms with Crippen molar-refractivity contribution < 1.29 is 4.39 Å². The van der Waals surface area contributed by atoms with Crippen LogP contribution in [0.3, 0.4) is 0 Å². The molecule has 0 saturated heterocycles. The van der Waals surface area contributed by atoms with Crippen molar-refractivity contribution in [3.8, 4) is 10.4 Å². The average molecular weight is 236 g/mol. The molecule has 0 aliphatic carbocycles. The van der Waals surface area contributed by atoms with E-state index >= 15 is 0 Å². The minimum absolute atomic E-state index is 0.265. The summed E-state index contributed by atoms with van der Waals surface area (Å²) >= 11 is 2.68. The standard InChI is InChI=1S/C10H5FN2S2/c11-6-4-7(9-2-1-3-14-9)10-8(5-6)12-15-13-10/h1-5H. The first-order chi connectivity index (χ1) is 7.34. The first-order valence-corrected chi connectivity index (χ1v) is 5.91. The van der Waals surface area contributed by atoms with Gasteiger partial charge in [-0.25, -0.2) is 4.39 Å². The third-order valence-electron chi connectivity index (χ3n) is 2.11. The smallest absolute Gasteiger partial charge is 0.126 e. The van der Waals surface area contributed by atoms with E-state index in [-0.39, 0.29) is 5.82 Å². The Balaban J connectivity index is 2.38. The van der Waals surface area contributed by atoms with E-state index < -0.39 is 0 Å². The molecule has 0 spiro atoms. The summed E-state index contributed by atoms with van der Waals surface area (Å²) < 4.78 is 21.5. The van der Waals surface area contributed by atoms with Crippen molar-refractivity contribution in [1.29, 1.82) is 0 Å². The monoisotopic (exact) mass is 236 g/mol. The largest absolute Gasteiger partial charge is 0.207 e. The second-order valence-corrected chi connectivity index (χ2v) is 4.54. The summed E-state index contributed by atoms with van der Waals surface area (Å²) in [6.07, 6.45) is 0. The topological polar surface area (TPSA) is 25.8 Å². The molecule has 0 fully saturated rings. The summed E-state index contributed by atoms with van der Waals surface area (Å²) in [7, 11) is 0. The SMILES string of the molecule is Fc1cc(-c2cccs2)c2nsnc2c1. The van der Waals surface area contributed by atoms with Gasteiger partial charge in [0, 0.05) is 16.5 Å².